The molecule has 2 atom stereocenters. The van der Waals surface area contributed by atoms with Gasteiger partial charge < -0.3 is 0 Å². The molecule has 0 amide bonds. The Morgan fingerprint density at radius 1 is 0.524 bits per heavy atom. The minimum atomic E-state index is 0.958. The predicted molar refractivity (Wildman–Crippen MR) is 98.9 cm³/mol. The van der Waals surface area contributed by atoms with E-state index in [1.54, 1.807) is 0 Å². The van der Waals surface area contributed by atoms with Gasteiger partial charge in [-0.25, -0.2) is 0 Å². The largest absolute Gasteiger partial charge is 0.0654 e. The Kier molecular flexibility index (Phi) is 16.4. The SMILES string of the molecule is CCCCCCC(C)CC(CCCCC)CCCCCC. The van der Waals surface area contributed by atoms with Crippen LogP contribution in [0.4, 0.5) is 0 Å². The van der Waals surface area contributed by atoms with E-state index < -0.39 is 0 Å². The number of rotatable bonds is 16. The maximum Gasteiger partial charge on any atom is -0.0412 e. The van der Waals surface area contributed by atoms with Gasteiger partial charge in [0.05, 0.1) is 0 Å². The Morgan fingerprint density at radius 3 is 1.48 bits per heavy atom. The lowest BCUT2D eigenvalue weighted by atomic mass is 9.85. The van der Waals surface area contributed by atoms with Gasteiger partial charge in [-0.2, -0.15) is 0 Å². The van der Waals surface area contributed by atoms with Crippen LogP contribution in [-0.2, 0) is 0 Å². The molecule has 0 aromatic carbocycles. The topological polar surface area (TPSA) is 0 Å². The van der Waals surface area contributed by atoms with Gasteiger partial charge in [-0.3, -0.25) is 0 Å². The molecule has 0 N–H and O–H groups in total. The monoisotopic (exact) mass is 296 g/mol. The first-order chi connectivity index (χ1) is 10.2. The van der Waals surface area contributed by atoms with E-state index in [2.05, 4.69) is 27.7 Å². The van der Waals surface area contributed by atoms with Crippen molar-refractivity contribution in [1.82, 2.24) is 0 Å². The smallest absolute Gasteiger partial charge is 0.0412 e. The highest BCUT2D eigenvalue weighted by molar-refractivity contribution is 4.65. The summed E-state index contributed by atoms with van der Waals surface area (Å²) in [4.78, 5) is 0. The summed E-state index contributed by atoms with van der Waals surface area (Å²) in [6.45, 7) is 9.46. The quantitative estimate of drug-likeness (QED) is 0.252. The van der Waals surface area contributed by atoms with Crippen molar-refractivity contribution in [3.8, 4) is 0 Å². The molecule has 0 aliphatic carbocycles. The molecule has 0 spiro atoms. The normalized spacial score (nSPS) is 14.3. The molecule has 0 bridgehead atoms. The van der Waals surface area contributed by atoms with Crippen molar-refractivity contribution in [2.75, 3.05) is 0 Å². The van der Waals surface area contributed by atoms with Crippen molar-refractivity contribution >= 4 is 0 Å². The van der Waals surface area contributed by atoms with E-state index in [0.29, 0.717) is 0 Å². The third-order valence-corrected chi connectivity index (χ3v) is 4.97. The molecule has 128 valence electrons. The summed E-state index contributed by atoms with van der Waals surface area (Å²) in [6, 6.07) is 0. The zero-order chi connectivity index (χ0) is 15.8. The van der Waals surface area contributed by atoms with Gasteiger partial charge in [0.15, 0.2) is 0 Å². The van der Waals surface area contributed by atoms with Crippen molar-refractivity contribution < 1.29 is 0 Å². The zero-order valence-electron chi connectivity index (χ0n) is 15.8. The van der Waals surface area contributed by atoms with Crippen LogP contribution in [0.5, 0.6) is 0 Å². The molecule has 0 heteroatoms. The predicted octanol–water partition coefficient (Wildman–Crippen LogP) is 8.15. The van der Waals surface area contributed by atoms with Crippen molar-refractivity contribution in [3.63, 3.8) is 0 Å². The standard InChI is InChI=1S/C21H44/c1-5-8-11-14-16-20(4)19-21(17-13-10-7-3)18-15-12-9-6-2/h20-21H,5-19H2,1-4H3. The van der Waals surface area contributed by atoms with Crippen LogP contribution >= 0.6 is 0 Å². The molecule has 0 rings (SSSR count). The van der Waals surface area contributed by atoms with Crippen LogP contribution in [0, 0.1) is 11.8 Å². The Labute approximate surface area is 136 Å². The average molecular weight is 297 g/mol. The van der Waals surface area contributed by atoms with E-state index in [1.807, 2.05) is 0 Å². The van der Waals surface area contributed by atoms with Gasteiger partial charge in [0.25, 0.3) is 0 Å². The first kappa shape index (κ1) is 21.0. The molecule has 0 aromatic rings. The fourth-order valence-electron chi connectivity index (χ4n) is 3.53. The fraction of sp³-hybridized carbons (Fsp3) is 1.00. The molecule has 0 heterocycles. The van der Waals surface area contributed by atoms with Crippen molar-refractivity contribution in [2.24, 2.45) is 11.8 Å². The second-order valence-corrected chi connectivity index (χ2v) is 7.40. The first-order valence-electron chi connectivity index (χ1n) is 10.2. The van der Waals surface area contributed by atoms with Gasteiger partial charge in [-0.05, 0) is 18.3 Å². The summed E-state index contributed by atoms with van der Waals surface area (Å²) >= 11 is 0. The molecule has 0 aliphatic heterocycles. The Balaban J connectivity index is 3.87. The molecule has 0 fully saturated rings. The van der Waals surface area contributed by atoms with Gasteiger partial charge in [0, 0.05) is 0 Å². The van der Waals surface area contributed by atoms with Crippen LogP contribution in [0.1, 0.15) is 124 Å². The lowest BCUT2D eigenvalue weighted by Crippen LogP contribution is -2.07. The van der Waals surface area contributed by atoms with Crippen molar-refractivity contribution in [1.29, 1.82) is 0 Å². The molecule has 0 saturated carbocycles. The third-order valence-electron chi connectivity index (χ3n) is 4.97. The van der Waals surface area contributed by atoms with E-state index in [4.69, 9.17) is 0 Å². The van der Waals surface area contributed by atoms with E-state index >= 15 is 0 Å². The lowest BCUT2D eigenvalue weighted by molar-refractivity contribution is 0.314. The molecule has 0 radical (unpaired) electrons. The van der Waals surface area contributed by atoms with Crippen molar-refractivity contribution in [2.45, 2.75) is 124 Å². The fourth-order valence-corrected chi connectivity index (χ4v) is 3.53. The van der Waals surface area contributed by atoms with E-state index in [0.717, 1.165) is 11.8 Å². The van der Waals surface area contributed by atoms with Crippen LogP contribution < -0.4 is 0 Å². The number of hydrogen-bond donors (Lipinski definition) is 0. The van der Waals surface area contributed by atoms with Gasteiger partial charge in [-0.1, -0.05) is 118 Å². The second kappa shape index (κ2) is 16.4. The number of unbranched alkanes of at least 4 members (excludes halogenated alkanes) is 8. The van der Waals surface area contributed by atoms with E-state index in [1.165, 1.54) is 96.3 Å². The molecule has 0 saturated heterocycles. The molecule has 2 unspecified atom stereocenters. The van der Waals surface area contributed by atoms with E-state index in [9.17, 15) is 0 Å². The van der Waals surface area contributed by atoms with Crippen LogP contribution in [0.25, 0.3) is 0 Å². The summed E-state index contributed by atoms with van der Waals surface area (Å²) in [7, 11) is 0. The molecule has 21 heavy (non-hydrogen) atoms. The maximum absolute atomic E-state index is 2.50. The second-order valence-electron chi connectivity index (χ2n) is 7.40. The average Bonchev–Trinajstić information content (AvgIpc) is 2.48. The third kappa shape index (κ3) is 14.7. The summed E-state index contributed by atoms with van der Waals surface area (Å²) in [6.07, 6.45) is 21.7. The van der Waals surface area contributed by atoms with Gasteiger partial charge >= 0.3 is 0 Å². The van der Waals surface area contributed by atoms with E-state index in [-0.39, 0.29) is 0 Å². The van der Waals surface area contributed by atoms with Gasteiger partial charge in [-0.15, -0.1) is 0 Å². The van der Waals surface area contributed by atoms with Crippen LogP contribution in [-0.4, -0.2) is 0 Å². The Hall–Kier alpha value is 0. The Morgan fingerprint density at radius 2 is 0.952 bits per heavy atom. The summed E-state index contributed by atoms with van der Waals surface area (Å²) in [5, 5.41) is 0. The maximum atomic E-state index is 2.50. The summed E-state index contributed by atoms with van der Waals surface area (Å²) in [5.41, 5.74) is 0. The first-order valence-corrected chi connectivity index (χ1v) is 10.2. The Bertz CT molecular complexity index is 184. The van der Waals surface area contributed by atoms with Crippen LogP contribution in [0.15, 0.2) is 0 Å². The highest BCUT2D eigenvalue weighted by Gasteiger charge is 2.13. The minimum Gasteiger partial charge on any atom is -0.0654 e. The lowest BCUT2D eigenvalue weighted by Gasteiger charge is -2.21. The molecule has 0 aliphatic rings. The summed E-state index contributed by atoms with van der Waals surface area (Å²) in [5.74, 6) is 1.98. The van der Waals surface area contributed by atoms with Gasteiger partial charge in [0.1, 0.15) is 0 Å². The number of hydrogen-bond acceptors (Lipinski definition) is 0. The van der Waals surface area contributed by atoms with Crippen LogP contribution in [0.2, 0.25) is 0 Å². The van der Waals surface area contributed by atoms with Gasteiger partial charge in [0.2, 0.25) is 0 Å². The zero-order valence-corrected chi connectivity index (χ0v) is 15.8. The molecule has 0 nitrogen and oxygen atoms in total. The molecular formula is C21H44. The van der Waals surface area contributed by atoms with Crippen molar-refractivity contribution in [3.05, 3.63) is 0 Å². The minimum absolute atomic E-state index is 0.958. The molecule has 0 aromatic heterocycles. The molecular weight excluding hydrogens is 252 g/mol. The highest BCUT2D eigenvalue weighted by Crippen LogP contribution is 2.27. The summed E-state index contributed by atoms with van der Waals surface area (Å²) < 4.78 is 0. The van der Waals surface area contributed by atoms with Crippen LogP contribution in [0.3, 0.4) is 0 Å². The highest BCUT2D eigenvalue weighted by atomic mass is 14.2.